The molecule has 2 amide bonds. The number of nitrogens with zero attached hydrogens (tertiary/aromatic N) is 2. The lowest BCUT2D eigenvalue weighted by atomic mass is 10.1. The van der Waals surface area contributed by atoms with Crippen LogP contribution in [-0.4, -0.2) is 22.1 Å². The number of hydrogen-bond acceptors (Lipinski definition) is 5. The normalized spacial score (nSPS) is 16.1. The zero-order valence-corrected chi connectivity index (χ0v) is 18.6. The van der Waals surface area contributed by atoms with Gasteiger partial charge < -0.3 is 4.74 Å². The minimum atomic E-state index is -0.319. The molecule has 0 unspecified atom stereocenters. The second-order valence-electron chi connectivity index (χ2n) is 6.68. The average Bonchev–Trinajstić information content (AvgIpc) is 3.00. The maximum absolute atomic E-state index is 12.6. The van der Waals surface area contributed by atoms with E-state index in [1.165, 1.54) is 4.90 Å². The van der Waals surface area contributed by atoms with Gasteiger partial charge in [0.25, 0.3) is 11.1 Å². The smallest absolute Gasteiger partial charge is 0.293 e. The van der Waals surface area contributed by atoms with Gasteiger partial charge in [-0.25, -0.2) is 0 Å². The highest BCUT2D eigenvalue weighted by Gasteiger charge is 2.37. The standard InChI is InChI=1S/C22H18Cl2N2O3S/c1-3-13(2)26-21(27)19(30-22(26)28)10-14-8-17(23)20(18(24)9-14)29-12-16-7-5-4-6-15(16)11-25/h4-10,13H,3,12H2,1-2H3/b19-10+/t13-/m0/s1. The van der Waals surface area contributed by atoms with Gasteiger partial charge in [-0.05, 0) is 54.9 Å². The van der Waals surface area contributed by atoms with Crippen molar-refractivity contribution in [1.29, 1.82) is 5.26 Å². The molecule has 0 N–H and O–H groups in total. The van der Waals surface area contributed by atoms with Gasteiger partial charge in [-0.2, -0.15) is 5.26 Å². The van der Waals surface area contributed by atoms with Gasteiger partial charge >= 0.3 is 0 Å². The Balaban J connectivity index is 1.81. The number of benzene rings is 2. The van der Waals surface area contributed by atoms with E-state index in [1.807, 2.05) is 19.9 Å². The lowest BCUT2D eigenvalue weighted by Gasteiger charge is -2.19. The summed E-state index contributed by atoms with van der Waals surface area (Å²) in [7, 11) is 0. The molecule has 0 radical (unpaired) electrons. The van der Waals surface area contributed by atoms with Crippen molar-refractivity contribution in [3.63, 3.8) is 0 Å². The van der Waals surface area contributed by atoms with Crippen molar-refractivity contribution in [2.45, 2.75) is 32.9 Å². The first-order valence-corrected chi connectivity index (χ1v) is 10.8. The molecule has 2 aromatic rings. The zero-order chi connectivity index (χ0) is 21.8. The lowest BCUT2D eigenvalue weighted by molar-refractivity contribution is -0.124. The van der Waals surface area contributed by atoms with Gasteiger partial charge in [-0.1, -0.05) is 48.3 Å². The molecule has 30 heavy (non-hydrogen) atoms. The maximum Gasteiger partial charge on any atom is 0.293 e. The summed E-state index contributed by atoms with van der Waals surface area (Å²) >= 11 is 13.6. The van der Waals surface area contributed by atoms with Crippen LogP contribution < -0.4 is 4.74 Å². The van der Waals surface area contributed by atoms with Gasteiger partial charge in [0.05, 0.1) is 26.6 Å². The molecule has 1 aliphatic rings. The number of hydrogen-bond donors (Lipinski definition) is 0. The van der Waals surface area contributed by atoms with Crippen LogP contribution in [0.25, 0.3) is 6.08 Å². The molecular weight excluding hydrogens is 443 g/mol. The molecule has 3 rings (SSSR count). The Morgan fingerprint density at radius 1 is 1.23 bits per heavy atom. The predicted octanol–water partition coefficient (Wildman–Crippen LogP) is 6.28. The Hall–Kier alpha value is -2.46. The zero-order valence-electron chi connectivity index (χ0n) is 16.3. The first-order valence-electron chi connectivity index (χ1n) is 9.22. The van der Waals surface area contributed by atoms with Crippen molar-refractivity contribution in [2.24, 2.45) is 0 Å². The molecule has 1 aliphatic heterocycles. The van der Waals surface area contributed by atoms with E-state index in [2.05, 4.69) is 6.07 Å². The monoisotopic (exact) mass is 460 g/mol. The molecule has 154 valence electrons. The van der Waals surface area contributed by atoms with Crippen LogP contribution in [0.2, 0.25) is 10.0 Å². The van der Waals surface area contributed by atoms with Crippen molar-refractivity contribution in [3.05, 3.63) is 68.0 Å². The van der Waals surface area contributed by atoms with Crippen molar-refractivity contribution in [3.8, 4) is 11.8 Å². The third-order valence-corrected chi connectivity index (χ3v) is 6.13. The quantitative estimate of drug-likeness (QED) is 0.474. The van der Waals surface area contributed by atoms with E-state index in [0.29, 0.717) is 22.5 Å². The van der Waals surface area contributed by atoms with Crippen LogP contribution >= 0.6 is 35.0 Å². The summed E-state index contributed by atoms with van der Waals surface area (Å²) in [4.78, 5) is 26.3. The van der Waals surface area contributed by atoms with E-state index in [-0.39, 0.29) is 39.6 Å². The number of halogens is 2. The SMILES string of the molecule is CC[C@H](C)N1C(=O)S/C(=C/c2cc(Cl)c(OCc3ccccc3C#N)c(Cl)c2)C1=O. The highest BCUT2D eigenvalue weighted by molar-refractivity contribution is 8.18. The number of rotatable bonds is 6. The van der Waals surface area contributed by atoms with Crippen LogP contribution in [0.3, 0.4) is 0 Å². The topological polar surface area (TPSA) is 70.4 Å². The third-order valence-electron chi connectivity index (χ3n) is 4.68. The van der Waals surface area contributed by atoms with Gasteiger partial charge in [0.1, 0.15) is 6.61 Å². The number of carbonyl (C=O) groups excluding carboxylic acids is 2. The minimum Gasteiger partial charge on any atom is -0.486 e. The highest BCUT2D eigenvalue weighted by Crippen LogP contribution is 2.38. The van der Waals surface area contributed by atoms with Crippen molar-refractivity contribution in [2.75, 3.05) is 0 Å². The van der Waals surface area contributed by atoms with Crippen molar-refractivity contribution in [1.82, 2.24) is 4.90 Å². The molecule has 1 heterocycles. The Morgan fingerprint density at radius 3 is 2.53 bits per heavy atom. The Kier molecular flexibility index (Phi) is 7.09. The Bertz CT molecular complexity index is 1060. The van der Waals surface area contributed by atoms with E-state index in [9.17, 15) is 14.9 Å². The first-order chi connectivity index (χ1) is 14.3. The van der Waals surface area contributed by atoms with Gasteiger partial charge in [0.2, 0.25) is 0 Å². The fraction of sp³-hybridized carbons (Fsp3) is 0.227. The maximum atomic E-state index is 12.6. The van der Waals surface area contributed by atoms with Crippen LogP contribution in [0.5, 0.6) is 5.75 Å². The fourth-order valence-corrected chi connectivity index (χ4v) is 4.44. The molecule has 2 aromatic carbocycles. The summed E-state index contributed by atoms with van der Waals surface area (Å²) < 4.78 is 5.75. The summed E-state index contributed by atoms with van der Waals surface area (Å²) in [5.74, 6) is -0.0315. The number of imide groups is 1. The lowest BCUT2D eigenvalue weighted by Crippen LogP contribution is -2.36. The summed E-state index contributed by atoms with van der Waals surface area (Å²) in [5, 5.41) is 9.44. The van der Waals surface area contributed by atoms with Crippen molar-refractivity contribution < 1.29 is 14.3 Å². The molecule has 5 nitrogen and oxygen atoms in total. The molecule has 0 saturated carbocycles. The molecule has 8 heteroatoms. The van der Waals surface area contributed by atoms with E-state index in [0.717, 1.165) is 17.3 Å². The number of nitriles is 1. The van der Waals surface area contributed by atoms with Gasteiger partial charge in [0, 0.05) is 11.6 Å². The summed E-state index contributed by atoms with van der Waals surface area (Å²) in [6, 6.07) is 12.3. The molecule has 1 fully saturated rings. The summed E-state index contributed by atoms with van der Waals surface area (Å²) in [6.07, 6.45) is 2.28. The highest BCUT2D eigenvalue weighted by atomic mass is 35.5. The van der Waals surface area contributed by atoms with E-state index in [1.54, 1.807) is 36.4 Å². The van der Waals surface area contributed by atoms with Crippen LogP contribution in [-0.2, 0) is 11.4 Å². The summed E-state index contributed by atoms with van der Waals surface area (Å²) in [6.45, 7) is 3.89. The Labute approximate surface area is 189 Å². The number of carbonyl (C=O) groups is 2. The Morgan fingerprint density at radius 2 is 1.90 bits per heavy atom. The minimum absolute atomic E-state index is 0.135. The van der Waals surface area contributed by atoms with E-state index in [4.69, 9.17) is 27.9 Å². The van der Waals surface area contributed by atoms with Crippen molar-refractivity contribution >= 4 is 52.2 Å². The van der Waals surface area contributed by atoms with Crippen LogP contribution in [0.15, 0.2) is 41.3 Å². The predicted molar refractivity (Wildman–Crippen MR) is 120 cm³/mol. The van der Waals surface area contributed by atoms with Crippen LogP contribution in [0.4, 0.5) is 4.79 Å². The number of thioether (sulfide) groups is 1. The third kappa shape index (κ3) is 4.65. The second kappa shape index (κ2) is 9.57. The number of amides is 2. The molecular formula is C22H18Cl2N2O3S. The van der Waals surface area contributed by atoms with Crippen LogP contribution in [0, 0.1) is 11.3 Å². The molecule has 0 bridgehead atoms. The summed E-state index contributed by atoms with van der Waals surface area (Å²) in [5.41, 5.74) is 1.82. The van der Waals surface area contributed by atoms with E-state index < -0.39 is 0 Å². The van der Waals surface area contributed by atoms with Crippen LogP contribution in [0.1, 0.15) is 37.0 Å². The number of ether oxygens (including phenoxy) is 1. The molecule has 0 spiro atoms. The molecule has 1 atom stereocenters. The van der Waals surface area contributed by atoms with Gasteiger partial charge in [-0.15, -0.1) is 0 Å². The average molecular weight is 461 g/mol. The van der Waals surface area contributed by atoms with Gasteiger partial charge in [-0.3, -0.25) is 14.5 Å². The molecule has 0 aromatic heterocycles. The second-order valence-corrected chi connectivity index (χ2v) is 8.49. The fourth-order valence-electron chi connectivity index (χ4n) is 2.90. The van der Waals surface area contributed by atoms with Gasteiger partial charge in [0.15, 0.2) is 5.75 Å². The molecule has 1 saturated heterocycles. The molecule has 0 aliphatic carbocycles. The van der Waals surface area contributed by atoms with E-state index >= 15 is 0 Å². The largest absolute Gasteiger partial charge is 0.486 e. The first kappa shape index (κ1) is 22.2.